The van der Waals surface area contributed by atoms with Gasteiger partial charge in [-0.2, -0.15) is 0 Å². The van der Waals surface area contributed by atoms with Gasteiger partial charge >= 0.3 is 0 Å². The molecule has 0 saturated heterocycles. The number of nitrogens with zero attached hydrogens (tertiary/aromatic N) is 2. The normalized spacial score (nSPS) is 12.2. The van der Waals surface area contributed by atoms with Crippen LogP contribution in [-0.4, -0.2) is 36.3 Å². The maximum absolute atomic E-state index is 5.20. The molecule has 0 fully saturated rings. The molecule has 1 unspecified atom stereocenters. The summed E-state index contributed by atoms with van der Waals surface area (Å²) in [4.78, 5) is 8.99. The zero-order valence-electron chi connectivity index (χ0n) is 12.5. The van der Waals surface area contributed by atoms with Crippen LogP contribution in [0.4, 0.5) is 11.6 Å². The average molecular weight is 266 g/mol. The summed E-state index contributed by atoms with van der Waals surface area (Å²) in [6.07, 6.45) is 2.91. The first kappa shape index (κ1) is 15.7. The van der Waals surface area contributed by atoms with E-state index in [0.717, 1.165) is 43.3 Å². The first-order valence-electron chi connectivity index (χ1n) is 7.10. The van der Waals surface area contributed by atoms with Gasteiger partial charge in [-0.3, -0.25) is 0 Å². The van der Waals surface area contributed by atoms with E-state index in [0.29, 0.717) is 6.61 Å². The lowest BCUT2D eigenvalue weighted by molar-refractivity contribution is 0.184. The third kappa shape index (κ3) is 5.42. The molecule has 0 amide bonds. The number of hydrogen-bond acceptors (Lipinski definition) is 5. The fraction of sp³-hybridized carbons (Fsp3) is 0.714. The van der Waals surface area contributed by atoms with Gasteiger partial charge in [0.2, 0.25) is 0 Å². The van der Waals surface area contributed by atoms with Gasteiger partial charge in [-0.15, -0.1) is 0 Å². The van der Waals surface area contributed by atoms with Crippen molar-refractivity contribution in [3.05, 3.63) is 11.9 Å². The van der Waals surface area contributed by atoms with Crippen LogP contribution >= 0.6 is 0 Å². The van der Waals surface area contributed by atoms with E-state index in [2.05, 4.69) is 41.4 Å². The lowest BCUT2D eigenvalue weighted by Gasteiger charge is -2.17. The van der Waals surface area contributed by atoms with Crippen LogP contribution in [0.25, 0.3) is 0 Å². The summed E-state index contributed by atoms with van der Waals surface area (Å²) in [5, 5.41) is 6.72. The Kier molecular flexibility index (Phi) is 7.18. The van der Waals surface area contributed by atoms with Gasteiger partial charge < -0.3 is 15.4 Å². The van der Waals surface area contributed by atoms with E-state index in [9.17, 15) is 0 Å². The summed E-state index contributed by atoms with van der Waals surface area (Å²) in [6, 6.07) is 2.25. The Labute approximate surface area is 116 Å². The smallest absolute Gasteiger partial charge is 0.132 e. The van der Waals surface area contributed by atoms with E-state index >= 15 is 0 Å². The van der Waals surface area contributed by atoms with Gasteiger partial charge in [0.05, 0.1) is 12.6 Å². The number of ether oxygens (including phenoxy) is 1. The van der Waals surface area contributed by atoms with E-state index in [1.54, 1.807) is 7.11 Å². The predicted octanol–water partition coefficient (Wildman–Crippen LogP) is 2.70. The van der Waals surface area contributed by atoms with E-state index < -0.39 is 0 Å². The Hall–Kier alpha value is -1.36. The molecule has 0 spiro atoms. The highest BCUT2D eigenvalue weighted by atomic mass is 16.5. The molecule has 2 N–H and O–H groups in total. The van der Waals surface area contributed by atoms with Gasteiger partial charge in [0.15, 0.2) is 0 Å². The number of hydrogen-bond donors (Lipinski definition) is 2. The number of methoxy groups -OCH3 is 1. The van der Waals surface area contributed by atoms with Crippen molar-refractivity contribution in [1.29, 1.82) is 0 Å². The fourth-order valence-corrected chi connectivity index (χ4v) is 1.74. The van der Waals surface area contributed by atoms with Crippen LogP contribution in [0.15, 0.2) is 6.07 Å². The monoisotopic (exact) mass is 266 g/mol. The second-order valence-electron chi connectivity index (χ2n) is 4.54. The minimum absolute atomic E-state index is 0.281. The van der Waals surface area contributed by atoms with Crippen molar-refractivity contribution in [3.8, 4) is 0 Å². The molecule has 0 saturated carbocycles. The molecule has 1 aromatic rings. The van der Waals surface area contributed by atoms with Crippen molar-refractivity contribution in [2.45, 2.75) is 46.1 Å². The third-order valence-corrected chi connectivity index (χ3v) is 2.86. The van der Waals surface area contributed by atoms with Gasteiger partial charge in [-0.1, -0.05) is 20.8 Å². The second-order valence-corrected chi connectivity index (χ2v) is 4.54. The quantitative estimate of drug-likeness (QED) is 0.719. The van der Waals surface area contributed by atoms with Crippen molar-refractivity contribution in [1.82, 2.24) is 9.97 Å². The fourth-order valence-electron chi connectivity index (χ4n) is 1.74. The maximum atomic E-state index is 5.20. The second kappa shape index (κ2) is 8.69. The van der Waals surface area contributed by atoms with Crippen LogP contribution in [0.3, 0.4) is 0 Å². The number of nitrogens with one attached hydrogen (secondary N) is 2. The van der Waals surface area contributed by atoms with E-state index in [-0.39, 0.29) is 6.04 Å². The van der Waals surface area contributed by atoms with Crippen LogP contribution < -0.4 is 10.6 Å². The van der Waals surface area contributed by atoms with Gasteiger partial charge in [0.1, 0.15) is 17.5 Å². The summed E-state index contributed by atoms with van der Waals surface area (Å²) < 4.78 is 5.20. The van der Waals surface area contributed by atoms with Crippen LogP contribution in [0.1, 0.15) is 39.4 Å². The molecule has 0 aliphatic heterocycles. The molecule has 5 nitrogen and oxygen atoms in total. The molecule has 0 aliphatic carbocycles. The van der Waals surface area contributed by atoms with E-state index in [1.807, 2.05) is 6.07 Å². The molecule has 19 heavy (non-hydrogen) atoms. The van der Waals surface area contributed by atoms with Crippen molar-refractivity contribution < 1.29 is 4.74 Å². The van der Waals surface area contributed by atoms with Crippen LogP contribution in [0.5, 0.6) is 0 Å². The number of aromatic nitrogens is 2. The molecule has 1 atom stereocenters. The summed E-state index contributed by atoms with van der Waals surface area (Å²) in [5.74, 6) is 2.62. The molecule has 0 aromatic carbocycles. The third-order valence-electron chi connectivity index (χ3n) is 2.86. The Balaban J connectivity index is 2.80. The van der Waals surface area contributed by atoms with Gasteiger partial charge in [0, 0.05) is 26.1 Å². The number of aryl methyl sites for hydroxylation is 1. The molecular weight excluding hydrogens is 240 g/mol. The molecule has 1 aromatic heterocycles. The van der Waals surface area contributed by atoms with Crippen LogP contribution in [-0.2, 0) is 11.2 Å². The molecule has 108 valence electrons. The standard InChI is InChI=1S/C14H26N4O/c1-5-8-15-13-9-14(18-12(7-3)17-13)16-11(6-2)10-19-4/h9,11H,5-8,10H2,1-4H3,(H2,15,16,17,18). The van der Waals surface area contributed by atoms with Gasteiger partial charge in [-0.05, 0) is 12.8 Å². The molecule has 1 rings (SSSR count). The molecule has 1 heterocycles. The predicted molar refractivity (Wildman–Crippen MR) is 79.8 cm³/mol. The van der Waals surface area contributed by atoms with Gasteiger partial charge in [-0.25, -0.2) is 9.97 Å². The van der Waals surface area contributed by atoms with Crippen molar-refractivity contribution in [3.63, 3.8) is 0 Å². The SMILES string of the molecule is CCCNc1cc(NC(CC)COC)nc(CC)n1. The molecule has 0 aliphatic rings. The van der Waals surface area contributed by atoms with E-state index in [1.165, 1.54) is 0 Å². The first-order chi connectivity index (χ1) is 9.23. The van der Waals surface area contributed by atoms with Crippen LogP contribution in [0.2, 0.25) is 0 Å². The topological polar surface area (TPSA) is 59.1 Å². The summed E-state index contributed by atoms with van der Waals surface area (Å²) >= 11 is 0. The molecular formula is C14H26N4O. The average Bonchev–Trinajstić information content (AvgIpc) is 2.44. The van der Waals surface area contributed by atoms with Crippen molar-refractivity contribution in [2.75, 3.05) is 30.9 Å². The molecule has 0 radical (unpaired) electrons. The minimum atomic E-state index is 0.281. The van der Waals surface area contributed by atoms with Gasteiger partial charge in [0.25, 0.3) is 0 Å². The Bertz CT molecular complexity index is 370. The number of rotatable bonds is 9. The highest BCUT2D eigenvalue weighted by molar-refractivity contribution is 5.48. The minimum Gasteiger partial charge on any atom is -0.383 e. The Morgan fingerprint density at radius 3 is 2.53 bits per heavy atom. The lowest BCUT2D eigenvalue weighted by atomic mass is 10.2. The molecule has 0 bridgehead atoms. The zero-order chi connectivity index (χ0) is 14.1. The summed E-state index contributed by atoms with van der Waals surface area (Å²) in [5.41, 5.74) is 0. The maximum Gasteiger partial charge on any atom is 0.132 e. The Morgan fingerprint density at radius 1 is 1.21 bits per heavy atom. The van der Waals surface area contributed by atoms with E-state index in [4.69, 9.17) is 4.74 Å². The van der Waals surface area contributed by atoms with Crippen LogP contribution in [0, 0.1) is 0 Å². The van der Waals surface area contributed by atoms with Crippen molar-refractivity contribution in [2.24, 2.45) is 0 Å². The highest BCUT2D eigenvalue weighted by Crippen LogP contribution is 2.14. The lowest BCUT2D eigenvalue weighted by Crippen LogP contribution is -2.25. The zero-order valence-corrected chi connectivity index (χ0v) is 12.5. The highest BCUT2D eigenvalue weighted by Gasteiger charge is 2.09. The number of anilines is 2. The first-order valence-corrected chi connectivity index (χ1v) is 7.10. The summed E-state index contributed by atoms with van der Waals surface area (Å²) in [6.45, 7) is 7.94. The summed E-state index contributed by atoms with van der Waals surface area (Å²) in [7, 11) is 1.72. The van der Waals surface area contributed by atoms with Crippen molar-refractivity contribution >= 4 is 11.6 Å². The molecule has 5 heteroatoms. The Morgan fingerprint density at radius 2 is 1.95 bits per heavy atom. The largest absolute Gasteiger partial charge is 0.383 e.